The summed E-state index contributed by atoms with van der Waals surface area (Å²) < 4.78 is 5.17. The van der Waals surface area contributed by atoms with Gasteiger partial charge in [-0.3, -0.25) is 9.59 Å². The van der Waals surface area contributed by atoms with Gasteiger partial charge in [0.2, 0.25) is 5.88 Å². The van der Waals surface area contributed by atoms with Crippen molar-refractivity contribution in [1.29, 1.82) is 0 Å². The Labute approximate surface area is 150 Å². The third-order valence-corrected chi connectivity index (χ3v) is 4.16. The Morgan fingerprint density at radius 2 is 1.85 bits per heavy atom. The first-order chi connectivity index (χ1) is 12.5. The molecule has 2 aromatic carbocycles. The van der Waals surface area contributed by atoms with Crippen LogP contribution in [0.5, 0.6) is 5.88 Å². The second-order valence-electron chi connectivity index (χ2n) is 5.87. The Morgan fingerprint density at radius 1 is 1.15 bits per heavy atom. The quantitative estimate of drug-likeness (QED) is 0.561. The van der Waals surface area contributed by atoms with Gasteiger partial charge in [0, 0.05) is 0 Å². The van der Waals surface area contributed by atoms with Crippen LogP contribution in [-0.2, 0) is 0 Å². The molecule has 134 valence electrons. The smallest absolute Gasteiger partial charge is 0.253 e. The summed E-state index contributed by atoms with van der Waals surface area (Å²) in [6, 6.07) is 11.3. The number of nitrogen functional groups attached to an aromatic ring is 1. The van der Waals surface area contributed by atoms with Gasteiger partial charge in [0.1, 0.15) is 17.1 Å². The number of ether oxygens (including phenoxy) is 1. The van der Waals surface area contributed by atoms with Crippen molar-refractivity contribution in [3.05, 3.63) is 68.6 Å². The highest BCUT2D eigenvalue weighted by atomic mass is 16.5. The Balaban J connectivity index is 1.90. The lowest BCUT2D eigenvalue weighted by Gasteiger charge is -2.22. The SMILES string of the molecule is CC[C@@H](Nc1c(Nc2cc(N)cnc2OC)c(=O)c1=O)c1ccccc1. The van der Waals surface area contributed by atoms with E-state index in [1.54, 1.807) is 6.07 Å². The van der Waals surface area contributed by atoms with Crippen molar-refractivity contribution in [1.82, 2.24) is 4.98 Å². The lowest BCUT2D eigenvalue weighted by Crippen LogP contribution is -2.37. The Bertz CT molecular complexity index is 978. The van der Waals surface area contributed by atoms with Gasteiger partial charge in [-0.05, 0) is 18.1 Å². The minimum Gasteiger partial charge on any atom is -0.480 e. The topological polar surface area (TPSA) is 106 Å². The standard InChI is InChI=1S/C19H20N4O3/c1-3-13(11-7-5-4-6-8-11)22-15-16(18(25)17(15)24)23-14-9-12(20)10-21-19(14)26-2/h4-10,13,22-23H,3,20H2,1-2H3/t13-/m1/s1. The normalized spacial score (nSPS) is 11.9. The largest absolute Gasteiger partial charge is 0.480 e. The number of anilines is 4. The fourth-order valence-corrected chi connectivity index (χ4v) is 2.78. The summed E-state index contributed by atoms with van der Waals surface area (Å²) >= 11 is 0. The summed E-state index contributed by atoms with van der Waals surface area (Å²) in [4.78, 5) is 28.2. The summed E-state index contributed by atoms with van der Waals surface area (Å²) in [5, 5.41) is 6.11. The van der Waals surface area contributed by atoms with E-state index in [-0.39, 0.29) is 23.3 Å². The summed E-state index contributed by atoms with van der Waals surface area (Å²) in [7, 11) is 1.47. The van der Waals surface area contributed by atoms with Gasteiger partial charge >= 0.3 is 0 Å². The fourth-order valence-electron chi connectivity index (χ4n) is 2.78. The molecule has 1 heterocycles. The zero-order valence-corrected chi connectivity index (χ0v) is 14.6. The Morgan fingerprint density at radius 3 is 2.50 bits per heavy atom. The van der Waals surface area contributed by atoms with Crippen LogP contribution in [0.4, 0.5) is 22.7 Å². The number of rotatable bonds is 7. The summed E-state index contributed by atoms with van der Waals surface area (Å²) in [6.07, 6.45) is 2.21. The molecule has 7 heteroatoms. The molecule has 0 fully saturated rings. The highest BCUT2D eigenvalue weighted by Gasteiger charge is 2.24. The van der Waals surface area contributed by atoms with Crippen LogP contribution in [0.25, 0.3) is 0 Å². The van der Waals surface area contributed by atoms with Crippen molar-refractivity contribution in [2.75, 3.05) is 23.5 Å². The van der Waals surface area contributed by atoms with Gasteiger partial charge in [0.15, 0.2) is 0 Å². The lowest BCUT2D eigenvalue weighted by atomic mass is 10.0. The first-order valence-corrected chi connectivity index (χ1v) is 8.26. The first-order valence-electron chi connectivity index (χ1n) is 8.26. The van der Waals surface area contributed by atoms with Gasteiger partial charge in [-0.25, -0.2) is 4.98 Å². The van der Waals surface area contributed by atoms with Gasteiger partial charge in [-0.1, -0.05) is 37.3 Å². The number of aromatic nitrogens is 1. The van der Waals surface area contributed by atoms with Crippen molar-refractivity contribution >= 4 is 22.7 Å². The summed E-state index contributed by atoms with van der Waals surface area (Å²) in [5.41, 5.74) is 6.95. The second-order valence-corrected chi connectivity index (χ2v) is 5.87. The van der Waals surface area contributed by atoms with E-state index < -0.39 is 10.9 Å². The van der Waals surface area contributed by atoms with Crippen LogP contribution >= 0.6 is 0 Å². The number of nitrogens with one attached hydrogen (secondary N) is 2. The molecule has 0 bridgehead atoms. The molecule has 0 saturated carbocycles. The van der Waals surface area contributed by atoms with Crippen LogP contribution in [0.15, 0.2) is 52.2 Å². The van der Waals surface area contributed by atoms with E-state index in [1.165, 1.54) is 13.3 Å². The molecule has 0 saturated heterocycles. The highest BCUT2D eigenvalue weighted by Crippen LogP contribution is 2.31. The molecule has 1 aromatic heterocycles. The number of nitrogens with zero attached hydrogens (tertiary/aromatic N) is 1. The zero-order valence-electron chi connectivity index (χ0n) is 14.6. The summed E-state index contributed by atoms with van der Waals surface area (Å²) in [6.45, 7) is 2.01. The second kappa shape index (κ2) is 7.26. The van der Waals surface area contributed by atoms with E-state index in [0.29, 0.717) is 11.4 Å². The van der Waals surface area contributed by atoms with E-state index >= 15 is 0 Å². The first kappa shape index (κ1) is 17.5. The molecule has 3 aromatic rings. The van der Waals surface area contributed by atoms with E-state index in [1.807, 2.05) is 37.3 Å². The molecule has 0 spiro atoms. The van der Waals surface area contributed by atoms with Crippen LogP contribution < -0.4 is 32.0 Å². The van der Waals surface area contributed by atoms with Crippen molar-refractivity contribution in [3.8, 4) is 5.88 Å². The van der Waals surface area contributed by atoms with Gasteiger partial charge in [0.25, 0.3) is 10.9 Å². The van der Waals surface area contributed by atoms with E-state index in [4.69, 9.17) is 10.5 Å². The number of nitrogens with two attached hydrogens (primary N) is 1. The molecule has 0 aliphatic rings. The van der Waals surface area contributed by atoms with E-state index in [0.717, 1.165) is 12.0 Å². The van der Waals surface area contributed by atoms with Crippen LogP contribution in [0.1, 0.15) is 24.9 Å². The van der Waals surface area contributed by atoms with Crippen LogP contribution in [-0.4, -0.2) is 12.1 Å². The maximum atomic E-state index is 12.1. The monoisotopic (exact) mass is 352 g/mol. The highest BCUT2D eigenvalue weighted by molar-refractivity contribution is 5.81. The van der Waals surface area contributed by atoms with Crippen LogP contribution in [0.3, 0.4) is 0 Å². The molecule has 7 nitrogen and oxygen atoms in total. The molecule has 4 N–H and O–H groups in total. The Hall–Kier alpha value is -3.35. The van der Waals surface area contributed by atoms with Gasteiger partial charge in [-0.2, -0.15) is 0 Å². The number of benzene rings is 1. The molecule has 0 radical (unpaired) electrons. The average Bonchev–Trinajstić information content (AvgIpc) is 2.68. The van der Waals surface area contributed by atoms with Gasteiger partial charge < -0.3 is 21.1 Å². The number of pyridine rings is 1. The van der Waals surface area contributed by atoms with Crippen molar-refractivity contribution in [3.63, 3.8) is 0 Å². The third kappa shape index (κ3) is 3.23. The molecule has 0 aliphatic carbocycles. The maximum Gasteiger partial charge on any atom is 0.253 e. The maximum absolute atomic E-state index is 12.1. The molecular weight excluding hydrogens is 332 g/mol. The third-order valence-electron chi connectivity index (χ3n) is 4.16. The van der Waals surface area contributed by atoms with E-state index in [9.17, 15) is 9.59 Å². The average molecular weight is 352 g/mol. The molecule has 0 aliphatic heterocycles. The van der Waals surface area contributed by atoms with Gasteiger partial charge in [-0.15, -0.1) is 0 Å². The van der Waals surface area contributed by atoms with Crippen LogP contribution in [0, 0.1) is 0 Å². The minimum absolute atomic E-state index is 0.0825. The molecule has 0 unspecified atom stereocenters. The molecule has 3 rings (SSSR count). The molecule has 1 atom stereocenters. The van der Waals surface area contributed by atoms with Crippen LogP contribution in [0.2, 0.25) is 0 Å². The van der Waals surface area contributed by atoms with E-state index in [2.05, 4.69) is 15.6 Å². The number of hydrogen-bond donors (Lipinski definition) is 3. The minimum atomic E-state index is -0.583. The molecule has 26 heavy (non-hydrogen) atoms. The summed E-state index contributed by atoms with van der Waals surface area (Å²) in [5.74, 6) is 0.285. The lowest BCUT2D eigenvalue weighted by molar-refractivity contribution is 0.400. The predicted molar refractivity (Wildman–Crippen MR) is 103 cm³/mol. The Kier molecular flexibility index (Phi) is 4.88. The van der Waals surface area contributed by atoms with Crippen molar-refractivity contribution in [2.45, 2.75) is 19.4 Å². The zero-order chi connectivity index (χ0) is 18.7. The number of hydrogen-bond acceptors (Lipinski definition) is 7. The van der Waals surface area contributed by atoms with Crippen molar-refractivity contribution < 1.29 is 4.74 Å². The van der Waals surface area contributed by atoms with Crippen molar-refractivity contribution in [2.24, 2.45) is 0 Å². The number of methoxy groups -OCH3 is 1. The molecular formula is C19H20N4O3. The van der Waals surface area contributed by atoms with Gasteiger partial charge in [0.05, 0.1) is 25.0 Å². The predicted octanol–water partition coefficient (Wildman–Crippen LogP) is 2.58. The molecule has 0 amide bonds. The fraction of sp³-hybridized carbons (Fsp3) is 0.211.